The number of guanidine groups is 2. The normalized spacial score (nSPS) is 19.3. The third kappa shape index (κ3) is 4.36. The molecule has 0 saturated carbocycles. The van der Waals surface area contributed by atoms with Crippen molar-refractivity contribution in [2.45, 2.75) is 18.9 Å². The Balaban J connectivity index is 2.07. The second kappa shape index (κ2) is 7.13. The van der Waals surface area contributed by atoms with Crippen LogP contribution in [0.1, 0.15) is 12.8 Å². The Morgan fingerprint density at radius 2 is 1.86 bits per heavy atom. The van der Waals surface area contributed by atoms with E-state index in [2.05, 4.69) is 46.0 Å². The molecule has 1 fully saturated rings. The van der Waals surface area contributed by atoms with Crippen molar-refractivity contribution in [3.63, 3.8) is 0 Å². The van der Waals surface area contributed by atoms with E-state index >= 15 is 0 Å². The molecule has 0 radical (unpaired) electrons. The largest absolute Gasteiger partial charge is 0.370 e. The van der Waals surface area contributed by atoms with Gasteiger partial charge in [0.1, 0.15) is 0 Å². The SMILES string of the molecule is CN(C)C1CCCN(c2ccc(N=C(N)N=C(N)N)cc2)C1. The smallest absolute Gasteiger partial charge is 0.223 e. The lowest BCUT2D eigenvalue weighted by atomic mass is 10.0. The molecule has 22 heavy (non-hydrogen) atoms. The van der Waals surface area contributed by atoms with Crippen molar-refractivity contribution in [1.82, 2.24) is 4.90 Å². The average Bonchev–Trinajstić information content (AvgIpc) is 2.47. The lowest BCUT2D eigenvalue weighted by Gasteiger charge is -2.37. The molecule has 1 aliphatic rings. The molecule has 0 bridgehead atoms. The molecule has 120 valence electrons. The number of likely N-dealkylation sites (N-methyl/N-ethyl adjacent to an activating group) is 1. The summed E-state index contributed by atoms with van der Waals surface area (Å²) in [6.45, 7) is 2.13. The van der Waals surface area contributed by atoms with Crippen LogP contribution in [0.5, 0.6) is 0 Å². The van der Waals surface area contributed by atoms with E-state index in [9.17, 15) is 0 Å². The number of rotatable bonds is 3. The van der Waals surface area contributed by atoms with Crippen LogP contribution in [-0.2, 0) is 0 Å². The zero-order valence-corrected chi connectivity index (χ0v) is 13.2. The molecule has 1 aliphatic heterocycles. The summed E-state index contributed by atoms with van der Waals surface area (Å²) in [5.74, 6) is -0.0423. The minimum atomic E-state index is -0.0964. The number of hydrogen-bond donors (Lipinski definition) is 3. The fourth-order valence-electron chi connectivity index (χ4n) is 2.64. The van der Waals surface area contributed by atoms with Gasteiger partial charge in [0.05, 0.1) is 5.69 Å². The summed E-state index contributed by atoms with van der Waals surface area (Å²) in [5, 5.41) is 0. The summed E-state index contributed by atoms with van der Waals surface area (Å²) in [7, 11) is 4.27. The Morgan fingerprint density at radius 1 is 1.18 bits per heavy atom. The first-order valence-electron chi connectivity index (χ1n) is 7.41. The zero-order valence-electron chi connectivity index (χ0n) is 13.2. The third-order valence-corrected chi connectivity index (χ3v) is 3.83. The lowest BCUT2D eigenvalue weighted by Crippen LogP contribution is -2.45. The van der Waals surface area contributed by atoms with Gasteiger partial charge in [-0.15, -0.1) is 0 Å². The van der Waals surface area contributed by atoms with Gasteiger partial charge in [-0.2, -0.15) is 4.99 Å². The molecule has 0 spiro atoms. The van der Waals surface area contributed by atoms with Gasteiger partial charge in [0.25, 0.3) is 0 Å². The van der Waals surface area contributed by atoms with E-state index in [1.807, 2.05) is 12.1 Å². The topological polar surface area (TPSA) is 109 Å². The minimum absolute atomic E-state index is 0.0541. The highest BCUT2D eigenvalue weighted by Gasteiger charge is 2.21. The molecule has 2 rings (SSSR count). The van der Waals surface area contributed by atoms with Crippen LogP contribution in [-0.4, -0.2) is 50.0 Å². The van der Waals surface area contributed by atoms with Gasteiger partial charge >= 0.3 is 0 Å². The van der Waals surface area contributed by atoms with E-state index in [1.54, 1.807) is 0 Å². The predicted molar refractivity (Wildman–Crippen MR) is 92.5 cm³/mol. The van der Waals surface area contributed by atoms with Gasteiger partial charge in [-0.25, -0.2) is 4.99 Å². The highest BCUT2D eigenvalue weighted by Crippen LogP contribution is 2.24. The molecular formula is C15H25N7. The Bertz CT molecular complexity index is 544. The van der Waals surface area contributed by atoms with Crippen LogP contribution in [0.25, 0.3) is 0 Å². The van der Waals surface area contributed by atoms with Crippen molar-refractivity contribution >= 4 is 23.3 Å². The van der Waals surface area contributed by atoms with E-state index in [-0.39, 0.29) is 11.9 Å². The number of piperidine rings is 1. The predicted octanol–water partition coefficient (Wildman–Crippen LogP) is 0.437. The maximum atomic E-state index is 5.63. The van der Waals surface area contributed by atoms with Crippen LogP contribution in [0.2, 0.25) is 0 Å². The highest BCUT2D eigenvalue weighted by molar-refractivity contribution is 5.93. The molecule has 1 atom stereocenters. The fourth-order valence-corrected chi connectivity index (χ4v) is 2.64. The number of hydrogen-bond acceptors (Lipinski definition) is 3. The summed E-state index contributed by atoms with van der Waals surface area (Å²) >= 11 is 0. The van der Waals surface area contributed by atoms with Gasteiger partial charge in [0, 0.05) is 24.8 Å². The van der Waals surface area contributed by atoms with E-state index in [0.717, 1.165) is 18.8 Å². The van der Waals surface area contributed by atoms with Crippen molar-refractivity contribution in [1.29, 1.82) is 0 Å². The number of anilines is 1. The summed E-state index contributed by atoms with van der Waals surface area (Å²) in [4.78, 5) is 12.5. The molecule has 0 aliphatic carbocycles. The minimum Gasteiger partial charge on any atom is -0.370 e. The Morgan fingerprint density at radius 3 is 2.45 bits per heavy atom. The molecule has 1 aromatic rings. The van der Waals surface area contributed by atoms with Crippen molar-refractivity contribution in [3.05, 3.63) is 24.3 Å². The van der Waals surface area contributed by atoms with Crippen LogP contribution in [0.15, 0.2) is 34.3 Å². The quantitative estimate of drug-likeness (QED) is 0.554. The summed E-state index contributed by atoms with van der Waals surface area (Å²) < 4.78 is 0. The second-order valence-electron chi connectivity index (χ2n) is 5.73. The van der Waals surface area contributed by atoms with E-state index in [4.69, 9.17) is 17.2 Å². The van der Waals surface area contributed by atoms with Gasteiger partial charge in [0.2, 0.25) is 5.96 Å². The molecule has 1 unspecified atom stereocenters. The summed E-state index contributed by atoms with van der Waals surface area (Å²) in [5.41, 5.74) is 18.1. The molecule has 6 N–H and O–H groups in total. The van der Waals surface area contributed by atoms with Crippen molar-refractivity contribution in [3.8, 4) is 0 Å². The Hall–Kier alpha value is -2.28. The molecule has 1 saturated heterocycles. The van der Waals surface area contributed by atoms with Gasteiger partial charge in [-0.1, -0.05) is 0 Å². The van der Waals surface area contributed by atoms with Crippen LogP contribution in [0.3, 0.4) is 0 Å². The van der Waals surface area contributed by atoms with Crippen LogP contribution >= 0.6 is 0 Å². The number of aliphatic imine (C=N–C) groups is 2. The van der Waals surface area contributed by atoms with E-state index < -0.39 is 0 Å². The molecule has 1 aromatic carbocycles. The third-order valence-electron chi connectivity index (χ3n) is 3.83. The van der Waals surface area contributed by atoms with Gasteiger partial charge in [-0.3, -0.25) is 0 Å². The van der Waals surface area contributed by atoms with E-state index in [1.165, 1.54) is 18.5 Å². The van der Waals surface area contributed by atoms with Crippen molar-refractivity contribution < 1.29 is 0 Å². The van der Waals surface area contributed by atoms with Crippen molar-refractivity contribution in [2.24, 2.45) is 27.2 Å². The maximum Gasteiger partial charge on any atom is 0.223 e. The number of benzene rings is 1. The van der Waals surface area contributed by atoms with Crippen LogP contribution < -0.4 is 22.1 Å². The Labute approximate surface area is 131 Å². The summed E-state index contributed by atoms with van der Waals surface area (Å²) in [6, 6.07) is 8.55. The van der Waals surface area contributed by atoms with Crippen LogP contribution in [0.4, 0.5) is 11.4 Å². The average molecular weight is 303 g/mol. The first kappa shape index (κ1) is 16.1. The molecule has 7 nitrogen and oxygen atoms in total. The van der Waals surface area contributed by atoms with Crippen molar-refractivity contribution in [2.75, 3.05) is 32.1 Å². The molecule has 0 amide bonds. The first-order valence-corrected chi connectivity index (χ1v) is 7.41. The summed E-state index contributed by atoms with van der Waals surface area (Å²) in [6.07, 6.45) is 2.46. The highest BCUT2D eigenvalue weighted by atomic mass is 15.2. The standard InChI is InChI=1S/C15H25N7/c1-21(2)13-4-3-9-22(10-13)12-7-5-11(6-8-12)19-15(18)20-14(16)17/h5-8,13H,3-4,9-10H2,1-2H3,(H6,16,17,18,19,20). The number of nitrogens with zero attached hydrogens (tertiary/aromatic N) is 4. The first-order chi connectivity index (χ1) is 10.5. The zero-order chi connectivity index (χ0) is 16.1. The molecule has 0 aromatic heterocycles. The van der Waals surface area contributed by atoms with Gasteiger partial charge in [0.15, 0.2) is 5.96 Å². The fraction of sp³-hybridized carbons (Fsp3) is 0.467. The maximum absolute atomic E-state index is 5.63. The lowest BCUT2D eigenvalue weighted by molar-refractivity contribution is 0.258. The van der Waals surface area contributed by atoms with Crippen LogP contribution in [0, 0.1) is 0 Å². The molecule has 7 heteroatoms. The Kier molecular flexibility index (Phi) is 5.21. The van der Waals surface area contributed by atoms with Gasteiger partial charge < -0.3 is 27.0 Å². The monoisotopic (exact) mass is 303 g/mol. The van der Waals surface area contributed by atoms with E-state index in [0.29, 0.717) is 6.04 Å². The number of nitrogens with two attached hydrogens (primary N) is 3. The molecule has 1 heterocycles. The molecular weight excluding hydrogens is 278 g/mol. The second-order valence-corrected chi connectivity index (χ2v) is 5.73. The van der Waals surface area contributed by atoms with Gasteiger partial charge in [-0.05, 0) is 51.2 Å².